The van der Waals surface area contributed by atoms with Crippen molar-refractivity contribution in [2.75, 3.05) is 19.6 Å². The molecule has 0 radical (unpaired) electrons. The smallest absolute Gasteiger partial charge is 0.217 e. The van der Waals surface area contributed by atoms with Crippen LogP contribution >= 0.6 is 0 Å². The number of rotatable bonds is 2. The van der Waals surface area contributed by atoms with Crippen molar-refractivity contribution in [3.63, 3.8) is 0 Å². The predicted molar refractivity (Wildman–Crippen MR) is 95.8 cm³/mol. The fourth-order valence-electron chi connectivity index (χ4n) is 4.57. The van der Waals surface area contributed by atoms with Crippen molar-refractivity contribution in [3.8, 4) is 5.88 Å². The zero-order valence-corrected chi connectivity index (χ0v) is 13.8. The van der Waals surface area contributed by atoms with E-state index in [0.29, 0.717) is 5.92 Å². The molecule has 3 nitrogen and oxygen atoms in total. The fourth-order valence-corrected chi connectivity index (χ4v) is 4.57. The summed E-state index contributed by atoms with van der Waals surface area (Å²) in [5, 5.41) is 0. The van der Waals surface area contributed by atoms with Gasteiger partial charge in [0.15, 0.2) is 0 Å². The number of nitrogens with zero attached hydrogens (tertiary/aromatic N) is 2. The van der Waals surface area contributed by atoms with Crippen LogP contribution in [0.1, 0.15) is 29.5 Å². The van der Waals surface area contributed by atoms with Gasteiger partial charge in [-0.15, -0.1) is 0 Å². The molecule has 6 rings (SSSR count). The summed E-state index contributed by atoms with van der Waals surface area (Å²) in [5.74, 6) is 1.56. The molecule has 122 valence electrons. The van der Waals surface area contributed by atoms with E-state index in [1.807, 2.05) is 12.3 Å². The Hall–Kier alpha value is -2.13. The molecule has 1 aromatic carbocycles. The largest absolute Gasteiger partial charge is 0.469 e. The molecule has 3 saturated heterocycles. The van der Waals surface area contributed by atoms with E-state index in [0.717, 1.165) is 24.4 Å². The number of benzene rings is 1. The number of piperidine rings is 3. The third-order valence-electron chi connectivity index (χ3n) is 5.83. The molecule has 5 heterocycles. The first-order chi connectivity index (χ1) is 11.8. The van der Waals surface area contributed by atoms with Crippen molar-refractivity contribution in [3.05, 3.63) is 59.3 Å². The van der Waals surface area contributed by atoms with Crippen molar-refractivity contribution in [1.29, 1.82) is 0 Å². The van der Waals surface area contributed by atoms with Gasteiger partial charge in [-0.2, -0.15) is 0 Å². The highest BCUT2D eigenvalue weighted by Gasteiger charge is 2.52. The summed E-state index contributed by atoms with van der Waals surface area (Å²) in [6.45, 7) is 3.55. The average Bonchev–Trinajstić information content (AvgIpc) is 2.98. The van der Waals surface area contributed by atoms with Crippen molar-refractivity contribution >= 4 is 12.2 Å². The summed E-state index contributed by atoms with van der Waals surface area (Å²) in [6.07, 6.45) is 9.78. The predicted octanol–water partition coefficient (Wildman–Crippen LogP) is 3.65. The Balaban J connectivity index is 1.39. The number of pyridine rings is 1. The summed E-state index contributed by atoms with van der Waals surface area (Å²) in [7, 11) is 0. The Morgan fingerprint density at radius 3 is 2.62 bits per heavy atom. The van der Waals surface area contributed by atoms with Crippen LogP contribution in [0.2, 0.25) is 0 Å². The standard InChI is InChI=1S/C21H22N2O/c1-2-4-16(5-3-1)6-7-17-12-18-13-21(24-20(18)22-14-17)15-23-10-8-19(21)9-11-23/h1-7,12,14,19H,8-11,13,15H2/b7-6+/t21-/m0/s1. The van der Waals surface area contributed by atoms with Gasteiger partial charge < -0.3 is 4.74 Å². The molecule has 3 fully saturated rings. The molecule has 0 saturated carbocycles. The maximum Gasteiger partial charge on any atom is 0.217 e. The van der Waals surface area contributed by atoms with Crippen molar-refractivity contribution < 1.29 is 4.74 Å². The zero-order valence-electron chi connectivity index (χ0n) is 13.8. The minimum Gasteiger partial charge on any atom is -0.469 e. The van der Waals surface area contributed by atoms with Gasteiger partial charge in [-0.3, -0.25) is 4.90 Å². The van der Waals surface area contributed by atoms with E-state index in [1.54, 1.807) is 0 Å². The summed E-state index contributed by atoms with van der Waals surface area (Å²) in [5.41, 5.74) is 3.63. The Bertz CT molecular complexity index is 778. The summed E-state index contributed by atoms with van der Waals surface area (Å²) >= 11 is 0. The highest BCUT2D eigenvalue weighted by molar-refractivity contribution is 5.69. The molecule has 4 aliphatic rings. The lowest BCUT2D eigenvalue weighted by Gasteiger charge is -2.50. The third kappa shape index (κ3) is 2.35. The van der Waals surface area contributed by atoms with E-state index in [2.05, 4.69) is 52.4 Å². The van der Waals surface area contributed by atoms with E-state index >= 15 is 0 Å². The third-order valence-corrected chi connectivity index (χ3v) is 5.83. The highest BCUT2D eigenvalue weighted by Crippen LogP contribution is 2.46. The van der Waals surface area contributed by atoms with Crippen molar-refractivity contribution in [2.45, 2.75) is 24.9 Å². The second-order valence-corrected chi connectivity index (χ2v) is 7.37. The Morgan fingerprint density at radius 2 is 1.88 bits per heavy atom. The molecule has 0 N–H and O–H groups in total. The van der Waals surface area contributed by atoms with Crippen LogP contribution in [0.25, 0.3) is 12.2 Å². The van der Waals surface area contributed by atoms with E-state index < -0.39 is 0 Å². The van der Waals surface area contributed by atoms with Gasteiger partial charge in [0.25, 0.3) is 0 Å². The SMILES string of the molecule is C(=C\c1cnc2c(c1)C[C@@]1(CN3CCC1CC3)O2)/c1ccccc1. The maximum atomic E-state index is 6.41. The summed E-state index contributed by atoms with van der Waals surface area (Å²) < 4.78 is 6.41. The van der Waals surface area contributed by atoms with Crippen LogP contribution in [0, 0.1) is 5.92 Å². The molecule has 2 bridgehead atoms. The van der Waals surface area contributed by atoms with E-state index in [9.17, 15) is 0 Å². The van der Waals surface area contributed by atoms with Crippen LogP contribution in [0.5, 0.6) is 5.88 Å². The first-order valence-corrected chi connectivity index (χ1v) is 8.94. The first kappa shape index (κ1) is 14.2. The molecule has 1 atom stereocenters. The van der Waals surface area contributed by atoms with Crippen LogP contribution in [-0.4, -0.2) is 35.1 Å². The maximum absolute atomic E-state index is 6.41. The topological polar surface area (TPSA) is 25.4 Å². The van der Waals surface area contributed by atoms with Crippen LogP contribution in [-0.2, 0) is 6.42 Å². The lowest BCUT2D eigenvalue weighted by molar-refractivity contribution is -0.0814. The number of aromatic nitrogens is 1. The van der Waals surface area contributed by atoms with Crippen molar-refractivity contribution in [1.82, 2.24) is 9.88 Å². The van der Waals surface area contributed by atoms with Gasteiger partial charge in [0.2, 0.25) is 5.88 Å². The van der Waals surface area contributed by atoms with Crippen LogP contribution < -0.4 is 4.74 Å². The first-order valence-electron chi connectivity index (χ1n) is 8.94. The monoisotopic (exact) mass is 318 g/mol. The van der Waals surface area contributed by atoms with Gasteiger partial charge in [-0.25, -0.2) is 4.98 Å². The van der Waals surface area contributed by atoms with Gasteiger partial charge in [0.05, 0.1) is 0 Å². The molecule has 0 amide bonds. The normalized spacial score (nSPS) is 30.7. The minimum absolute atomic E-state index is 0.00635. The molecule has 2 aromatic rings. The molecule has 1 aromatic heterocycles. The fraction of sp³-hybridized carbons (Fsp3) is 0.381. The molecule has 3 heteroatoms. The van der Waals surface area contributed by atoms with Gasteiger partial charge in [0, 0.05) is 30.6 Å². The summed E-state index contributed by atoms with van der Waals surface area (Å²) in [4.78, 5) is 7.17. The Kier molecular flexibility index (Phi) is 3.23. The van der Waals surface area contributed by atoms with E-state index in [-0.39, 0.29) is 5.60 Å². The van der Waals surface area contributed by atoms with Crippen molar-refractivity contribution in [2.24, 2.45) is 5.92 Å². The number of hydrogen-bond donors (Lipinski definition) is 0. The molecule has 1 spiro atoms. The van der Waals surface area contributed by atoms with E-state index in [4.69, 9.17) is 4.74 Å². The molecule has 0 aliphatic carbocycles. The molecule has 0 unspecified atom stereocenters. The quantitative estimate of drug-likeness (QED) is 0.845. The Morgan fingerprint density at radius 1 is 1.08 bits per heavy atom. The molecule has 4 aliphatic heterocycles. The second kappa shape index (κ2) is 5.45. The lowest BCUT2D eigenvalue weighted by Crippen LogP contribution is -2.61. The second-order valence-electron chi connectivity index (χ2n) is 7.37. The van der Waals surface area contributed by atoms with Gasteiger partial charge in [-0.05, 0) is 43.1 Å². The van der Waals surface area contributed by atoms with Gasteiger partial charge in [0.1, 0.15) is 5.60 Å². The number of ether oxygens (including phenoxy) is 1. The highest BCUT2D eigenvalue weighted by atomic mass is 16.5. The lowest BCUT2D eigenvalue weighted by atomic mass is 9.73. The molecular weight excluding hydrogens is 296 g/mol. The van der Waals surface area contributed by atoms with Crippen LogP contribution in [0.4, 0.5) is 0 Å². The van der Waals surface area contributed by atoms with Crippen LogP contribution in [0.15, 0.2) is 42.6 Å². The van der Waals surface area contributed by atoms with Gasteiger partial charge >= 0.3 is 0 Å². The minimum atomic E-state index is -0.00635. The summed E-state index contributed by atoms with van der Waals surface area (Å²) in [6, 6.07) is 12.6. The van der Waals surface area contributed by atoms with Crippen LogP contribution in [0.3, 0.4) is 0 Å². The Labute approximate surface area is 143 Å². The average molecular weight is 318 g/mol. The van der Waals surface area contributed by atoms with Gasteiger partial charge in [-0.1, -0.05) is 42.5 Å². The number of fused-ring (bicyclic) bond motifs is 3. The molecular formula is C21H22N2O. The zero-order chi connectivity index (χ0) is 16.0. The molecule has 24 heavy (non-hydrogen) atoms. The van der Waals surface area contributed by atoms with E-state index in [1.165, 1.54) is 37.1 Å². The number of hydrogen-bond acceptors (Lipinski definition) is 3.